The molecule has 0 unspecified atom stereocenters. The fourth-order valence-corrected chi connectivity index (χ4v) is 2.02. The van der Waals surface area contributed by atoms with Crippen LogP contribution in [0.25, 0.3) is 16.7 Å². The number of carbonyl (C=O) groups is 1. The van der Waals surface area contributed by atoms with Crippen molar-refractivity contribution in [2.45, 2.75) is 0 Å². The molecule has 0 heterocycles. The van der Waals surface area contributed by atoms with Crippen LogP contribution in [0.3, 0.4) is 0 Å². The van der Waals surface area contributed by atoms with Crippen LogP contribution in [0.1, 0.15) is 5.56 Å². The predicted octanol–water partition coefficient (Wildman–Crippen LogP) is 3.47. The van der Waals surface area contributed by atoms with E-state index in [-0.39, 0.29) is 6.61 Å². The summed E-state index contributed by atoms with van der Waals surface area (Å²) < 4.78 is 5.04. The Labute approximate surface area is 118 Å². The number of hydrogen-bond acceptors (Lipinski definition) is 2. The largest absolute Gasteiger partial charge is 0.478 e. The van der Waals surface area contributed by atoms with Gasteiger partial charge in [0.25, 0.3) is 0 Å². The van der Waals surface area contributed by atoms with E-state index >= 15 is 0 Å². The molecule has 0 fully saturated rings. The molecule has 0 radical (unpaired) electrons. The third kappa shape index (κ3) is 3.56. The van der Waals surface area contributed by atoms with Crippen LogP contribution in [-0.2, 0) is 9.53 Å². The Kier molecular flexibility index (Phi) is 4.69. The van der Waals surface area contributed by atoms with Gasteiger partial charge >= 0.3 is 5.97 Å². The van der Waals surface area contributed by atoms with E-state index in [1.807, 2.05) is 54.6 Å². The summed E-state index contributed by atoms with van der Waals surface area (Å²) in [6.07, 6.45) is 1.18. The Morgan fingerprint density at radius 1 is 1.05 bits per heavy atom. The normalized spacial score (nSPS) is 11.3. The van der Waals surface area contributed by atoms with E-state index in [0.29, 0.717) is 5.57 Å². The van der Waals surface area contributed by atoms with Gasteiger partial charge < -0.3 is 9.84 Å². The van der Waals surface area contributed by atoms with E-state index in [1.165, 1.54) is 6.08 Å². The Morgan fingerprint density at radius 3 is 2.20 bits per heavy atom. The number of ether oxygens (including phenoxy) is 1. The van der Waals surface area contributed by atoms with Gasteiger partial charge in [0.15, 0.2) is 0 Å². The molecule has 0 atom stereocenters. The zero-order valence-electron chi connectivity index (χ0n) is 11.2. The second kappa shape index (κ2) is 6.68. The van der Waals surface area contributed by atoms with Gasteiger partial charge in [0.2, 0.25) is 0 Å². The Hall–Kier alpha value is -2.39. The van der Waals surface area contributed by atoms with E-state index in [2.05, 4.69) is 0 Å². The maximum atomic E-state index is 10.8. The minimum absolute atomic E-state index is 0.275. The topological polar surface area (TPSA) is 46.5 Å². The molecule has 0 saturated heterocycles. The molecule has 0 aliphatic carbocycles. The SMILES string of the molecule is COC/C(=C\C(=O)O)c1ccc(-c2ccccc2)cc1. The van der Waals surface area contributed by atoms with Crippen LogP contribution in [0, 0.1) is 0 Å². The lowest BCUT2D eigenvalue weighted by atomic mass is 10.0. The quantitative estimate of drug-likeness (QED) is 0.845. The zero-order valence-corrected chi connectivity index (χ0v) is 11.2. The van der Waals surface area contributed by atoms with Crippen LogP contribution in [0.15, 0.2) is 60.7 Å². The molecule has 0 spiro atoms. The minimum Gasteiger partial charge on any atom is -0.478 e. The van der Waals surface area contributed by atoms with E-state index in [1.54, 1.807) is 7.11 Å². The third-order valence-electron chi connectivity index (χ3n) is 2.96. The summed E-state index contributed by atoms with van der Waals surface area (Å²) in [5.74, 6) is -0.968. The molecule has 0 bridgehead atoms. The first kappa shape index (κ1) is 14.0. The number of hydrogen-bond donors (Lipinski definition) is 1. The van der Waals surface area contributed by atoms with Gasteiger partial charge in [-0.05, 0) is 22.3 Å². The molecule has 0 saturated carbocycles. The first-order valence-electron chi connectivity index (χ1n) is 6.29. The zero-order chi connectivity index (χ0) is 14.4. The molecule has 1 N–H and O–H groups in total. The van der Waals surface area contributed by atoms with Crippen molar-refractivity contribution in [1.29, 1.82) is 0 Å². The number of methoxy groups -OCH3 is 1. The molecule has 2 rings (SSSR count). The monoisotopic (exact) mass is 268 g/mol. The lowest BCUT2D eigenvalue weighted by Gasteiger charge is -2.07. The van der Waals surface area contributed by atoms with Crippen LogP contribution in [0.4, 0.5) is 0 Å². The summed E-state index contributed by atoms with van der Waals surface area (Å²) in [6, 6.07) is 17.8. The molecule has 0 aliphatic rings. The van der Waals surface area contributed by atoms with E-state index < -0.39 is 5.97 Å². The van der Waals surface area contributed by atoms with Crippen LogP contribution >= 0.6 is 0 Å². The molecule has 0 aromatic heterocycles. The summed E-state index contributed by atoms with van der Waals surface area (Å²) in [7, 11) is 1.55. The molecular formula is C17H16O3. The van der Waals surface area contributed by atoms with Crippen LogP contribution in [0.2, 0.25) is 0 Å². The van der Waals surface area contributed by atoms with Gasteiger partial charge in [-0.25, -0.2) is 4.79 Å². The number of rotatable bonds is 5. The van der Waals surface area contributed by atoms with Gasteiger partial charge in [-0.15, -0.1) is 0 Å². The molecule has 2 aromatic carbocycles. The highest BCUT2D eigenvalue weighted by atomic mass is 16.5. The lowest BCUT2D eigenvalue weighted by molar-refractivity contribution is -0.131. The van der Waals surface area contributed by atoms with Crippen molar-refractivity contribution in [3.63, 3.8) is 0 Å². The van der Waals surface area contributed by atoms with Crippen molar-refractivity contribution >= 4 is 11.5 Å². The Morgan fingerprint density at radius 2 is 1.65 bits per heavy atom. The highest BCUT2D eigenvalue weighted by Gasteiger charge is 2.05. The number of carboxylic acid groups (broad SMARTS) is 1. The highest BCUT2D eigenvalue weighted by molar-refractivity contribution is 5.90. The first-order valence-corrected chi connectivity index (χ1v) is 6.29. The Bertz CT molecular complexity index is 598. The molecule has 2 aromatic rings. The summed E-state index contributed by atoms with van der Waals surface area (Å²) in [5.41, 5.74) is 3.74. The van der Waals surface area contributed by atoms with Gasteiger partial charge in [-0.1, -0.05) is 54.6 Å². The molecule has 3 nitrogen and oxygen atoms in total. The lowest BCUT2D eigenvalue weighted by Crippen LogP contribution is -1.98. The maximum absolute atomic E-state index is 10.8. The van der Waals surface area contributed by atoms with Crippen molar-refractivity contribution in [2.75, 3.05) is 13.7 Å². The first-order chi connectivity index (χ1) is 9.70. The second-order valence-electron chi connectivity index (χ2n) is 4.38. The van der Waals surface area contributed by atoms with Gasteiger partial charge in [0, 0.05) is 13.2 Å². The molecule has 0 aliphatic heterocycles. The summed E-state index contributed by atoms with van der Waals surface area (Å²) >= 11 is 0. The number of benzene rings is 2. The van der Waals surface area contributed by atoms with Gasteiger partial charge in [0.05, 0.1) is 6.61 Å². The predicted molar refractivity (Wildman–Crippen MR) is 79.4 cm³/mol. The van der Waals surface area contributed by atoms with E-state index in [0.717, 1.165) is 16.7 Å². The van der Waals surface area contributed by atoms with Crippen molar-refractivity contribution in [2.24, 2.45) is 0 Å². The van der Waals surface area contributed by atoms with Crippen molar-refractivity contribution in [3.8, 4) is 11.1 Å². The molecule has 0 amide bonds. The third-order valence-corrected chi connectivity index (χ3v) is 2.96. The van der Waals surface area contributed by atoms with Crippen molar-refractivity contribution in [1.82, 2.24) is 0 Å². The fourth-order valence-electron chi connectivity index (χ4n) is 2.02. The number of carboxylic acids is 1. The second-order valence-corrected chi connectivity index (χ2v) is 4.38. The maximum Gasteiger partial charge on any atom is 0.328 e. The summed E-state index contributed by atoms with van der Waals surface area (Å²) in [4.78, 5) is 10.8. The summed E-state index contributed by atoms with van der Waals surface area (Å²) in [6.45, 7) is 0.275. The smallest absolute Gasteiger partial charge is 0.328 e. The molecular weight excluding hydrogens is 252 g/mol. The van der Waals surface area contributed by atoms with Crippen LogP contribution in [0.5, 0.6) is 0 Å². The van der Waals surface area contributed by atoms with E-state index in [9.17, 15) is 4.79 Å². The van der Waals surface area contributed by atoms with Gasteiger partial charge in [-0.2, -0.15) is 0 Å². The minimum atomic E-state index is -0.968. The van der Waals surface area contributed by atoms with Crippen molar-refractivity contribution < 1.29 is 14.6 Å². The van der Waals surface area contributed by atoms with Crippen molar-refractivity contribution in [3.05, 3.63) is 66.2 Å². The Balaban J connectivity index is 2.29. The fraction of sp³-hybridized carbons (Fsp3) is 0.118. The molecule has 20 heavy (non-hydrogen) atoms. The highest BCUT2D eigenvalue weighted by Crippen LogP contribution is 2.22. The molecule has 102 valence electrons. The molecule has 3 heteroatoms. The average Bonchev–Trinajstić information content (AvgIpc) is 2.47. The van der Waals surface area contributed by atoms with E-state index in [4.69, 9.17) is 9.84 Å². The van der Waals surface area contributed by atoms with Gasteiger partial charge in [-0.3, -0.25) is 0 Å². The standard InChI is InChI=1S/C17H16O3/c1-20-12-16(11-17(18)19)15-9-7-14(8-10-15)13-5-3-2-4-6-13/h2-11H,12H2,1H3,(H,18,19)/b16-11+. The average molecular weight is 268 g/mol. The van der Waals surface area contributed by atoms with Gasteiger partial charge in [0.1, 0.15) is 0 Å². The van der Waals surface area contributed by atoms with Crippen LogP contribution < -0.4 is 0 Å². The van der Waals surface area contributed by atoms with Crippen LogP contribution in [-0.4, -0.2) is 24.8 Å². The number of aliphatic carboxylic acids is 1. The summed E-state index contributed by atoms with van der Waals surface area (Å²) in [5, 5.41) is 8.87.